The van der Waals surface area contributed by atoms with Gasteiger partial charge in [0.1, 0.15) is 36.5 Å². The van der Waals surface area contributed by atoms with Crippen molar-refractivity contribution >= 4 is 23.8 Å². The number of hydrogen-bond acceptors (Lipinski definition) is 12. The highest BCUT2D eigenvalue weighted by molar-refractivity contribution is 5.90. The van der Waals surface area contributed by atoms with E-state index in [0.717, 1.165) is 19.6 Å². The third kappa shape index (κ3) is 9.82. The molecule has 254 valence electrons. The average Bonchev–Trinajstić information content (AvgIpc) is 3.27. The van der Waals surface area contributed by atoms with Crippen molar-refractivity contribution in [1.29, 1.82) is 0 Å². The van der Waals surface area contributed by atoms with Crippen LogP contribution in [0.2, 0.25) is 0 Å². The molecule has 4 aliphatic heterocycles. The topological polar surface area (TPSA) is 167 Å². The van der Waals surface area contributed by atoms with E-state index in [2.05, 4.69) is 10.2 Å². The van der Waals surface area contributed by atoms with Crippen LogP contribution in [0.15, 0.2) is 0 Å². The van der Waals surface area contributed by atoms with Gasteiger partial charge in [0.15, 0.2) is 11.6 Å². The zero-order chi connectivity index (χ0) is 32.1. The van der Waals surface area contributed by atoms with E-state index < -0.39 is 60.3 Å². The van der Waals surface area contributed by atoms with Gasteiger partial charge in [-0.3, -0.25) is 19.4 Å². The summed E-state index contributed by atoms with van der Waals surface area (Å²) < 4.78 is 22.3. The Morgan fingerprint density at radius 2 is 1.23 bits per heavy atom. The molecule has 0 aromatic rings. The molecule has 0 aliphatic carbocycles. The molecule has 0 unspecified atom stereocenters. The van der Waals surface area contributed by atoms with Gasteiger partial charge in [0.05, 0.1) is 25.4 Å². The second-order valence-electron chi connectivity index (χ2n) is 13.6. The lowest BCUT2D eigenvalue weighted by Gasteiger charge is -2.29. The molecule has 2 amide bonds. The summed E-state index contributed by atoms with van der Waals surface area (Å²) in [7, 11) is 1.99. The first-order valence-electron chi connectivity index (χ1n) is 14.9. The lowest BCUT2D eigenvalue weighted by atomic mass is 9.99. The fraction of sp³-hybridized carbons (Fsp3) is 0.867. The smallest absolute Gasteiger partial charge is 0.411 e. The van der Waals surface area contributed by atoms with Gasteiger partial charge in [0, 0.05) is 51.1 Å². The molecular weight excluding hydrogens is 576 g/mol. The van der Waals surface area contributed by atoms with E-state index in [4.69, 9.17) is 18.9 Å². The van der Waals surface area contributed by atoms with Crippen molar-refractivity contribution in [2.75, 3.05) is 72.7 Å². The largest absolute Gasteiger partial charge is 0.444 e. The van der Waals surface area contributed by atoms with Crippen LogP contribution < -0.4 is 5.32 Å². The van der Waals surface area contributed by atoms with Crippen LogP contribution in [0.4, 0.5) is 9.59 Å². The summed E-state index contributed by atoms with van der Waals surface area (Å²) in [5, 5.41) is 21.7. The fourth-order valence-corrected chi connectivity index (χ4v) is 5.92. The van der Waals surface area contributed by atoms with E-state index in [9.17, 15) is 29.4 Å². The number of likely N-dealkylation sites (tertiary alicyclic amines) is 2. The second kappa shape index (κ2) is 15.8. The summed E-state index contributed by atoms with van der Waals surface area (Å²) in [5.74, 6) is -0.737. The Balaban J connectivity index is 0.000000300. The number of amides is 2. The Hall–Kier alpha value is -2.36. The van der Waals surface area contributed by atoms with Crippen LogP contribution in [0.5, 0.6) is 0 Å². The molecule has 6 atom stereocenters. The van der Waals surface area contributed by atoms with E-state index in [1.54, 1.807) is 41.5 Å². The minimum atomic E-state index is -0.769. The van der Waals surface area contributed by atoms with Crippen LogP contribution in [-0.4, -0.2) is 157 Å². The Labute approximate surface area is 261 Å². The number of Topliss-reactive ketones (excluding diaryl/α,β-unsaturated/α-hetero) is 2. The Bertz CT molecular complexity index is 997. The highest BCUT2D eigenvalue weighted by Gasteiger charge is 2.51. The molecular formula is C30H54N4O10. The monoisotopic (exact) mass is 630 g/mol. The maximum atomic E-state index is 12.4. The Morgan fingerprint density at radius 3 is 1.70 bits per heavy atom. The van der Waals surface area contributed by atoms with Crippen molar-refractivity contribution in [1.82, 2.24) is 20.0 Å². The zero-order valence-electron chi connectivity index (χ0n) is 26.5. The molecule has 0 aromatic carbocycles. The zero-order valence-corrected chi connectivity index (χ0v) is 26.5. The molecule has 44 heavy (non-hydrogen) atoms. The summed E-state index contributed by atoms with van der Waals surface area (Å²) in [4.78, 5) is 53.9. The van der Waals surface area contributed by atoms with Crippen molar-refractivity contribution in [3.63, 3.8) is 0 Å². The molecule has 3 N–H and O–H groups in total. The quantitative estimate of drug-likeness (QED) is 0.395. The van der Waals surface area contributed by atoms with E-state index in [0.29, 0.717) is 32.8 Å². The highest BCUT2D eigenvalue weighted by atomic mass is 16.6. The highest BCUT2D eigenvalue weighted by Crippen LogP contribution is 2.32. The van der Waals surface area contributed by atoms with Crippen LogP contribution in [-0.2, 0) is 28.5 Å². The minimum Gasteiger partial charge on any atom is -0.444 e. The summed E-state index contributed by atoms with van der Waals surface area (Å²) in [6.07, 6.45) is -1.83. The molecule has 4 aliphatic rings. The molecule has 4 heterocycles. The number of hydrogen-bond donors (Lipinski definition) is 3. The number of nitrogens with one attached hydrogen (secondary N) is 1. The van der Waals surface area contributed by atoms with Gasteiger partial charge >= 0.3 is 12.2 Å². The van der Waals surface area contributed by atoms with Crippen LogP contribution in [0.25, 0.3) is 0 Å². The van der Waals surface area contributed by atoms with Crippen molar-refractivity contribution < 1.29 is 48.3 Å². The predicted molar refractivity (Wildman–Crippen MR) is 161 cm³/mol. The molecule has 0 spiro atoms. The van der Waals surface area contributed by atoms with Gasteiger partial charge in [0.25, 0.3) is 0 Å². The molecule has 0 radical (unpaired) electrons. The number of nitrogens with zero attached hydrogens (tertiary/aromatic N) is 3. The molecule has 4 rings (SSSR count). The average molecular weight is 631 g/mol. The first kappa shape index (κ1) is 37.8. The van der Waals surface area contributed by atoms with E-state index in [-0.39, 0.29) is 31.5 Å². The SMILES string of the molecule is C.CC(C)(C)OC(=O)N1C[C@@H]2CNCCO[C@H]2[C@H]1C(=O)CO.CN1CCO[C@@H]2[C@@H](C1)CN(C(=O)OC(C)(C)C)[C@@H]2C(=O)CO. The predicted octanol–water partition coefficient (Wildman–Crippen LogP) is 0.522. The molecule has 4 saturated heterocycles. The van der Waals surface area contributed by atoms with Gasteiger partial charge < -0.3 is 39.4 Å². The first-order valence-corrected chi connectivity index (χ1v) is 14.9. The van der Waals surface area contributed by atoms with Crippen LogP contribution in [0.1, 0.15) is 49.0 Å². The van der Waals surface area contributed by atoms with Gasteiger partial charge in [-0.05, 0) is 48.6 Å². The van der Waals surface area contributed by atoms with E-state index in [1.807, 2.05) is 7.05 Å². The lowest BCUT2D eigenvalue weighted by molar-refractivity contribution is -0.130. The van der Waals surface area contributed by atoms with Gasteiger partial charge in [-0.1, -0.05) is 7.43 Å². The number of carbonyl (C=O) groups is 4. The van der Waals surface area contributed by atoms with Gasteiger partial charge in [-0.2, -0.15) is 0 Å². The molecule has 0 aromatic heterocycles. The Kier molecular flexibility index (Phi) is 13.6. The van der Waals surface area contributed by atoms with Gasteiger partial charge in [-0.15, -0.1) is 0 Å². The summed E-state index contributed by atoms with van der Waals surface area (Å²) >= 11 is 0. The number of fused-ring (bicyclic) bond motifs is 2. The van der Waals surface area contributed by atoms with Crippen molar-refractivity contribution in [2.45, 2.75) is 84.5 Å². The maximum Gasteiger partial charge on any atom is 0.411 e. The number of likely N-dealkylation sites (N-methyl/N-ethyl adjacent to an activating group) is 1. The van der Waals surface area contributed by atoms with Crippen molar-refractivity contribution in [2.24, 2.45) is 11.8 Å². The summed E-state index contributed by atoms with van der Waals surface area (Å²) in [6, 6.07) is -1.54. The van der Waals surface area contributed by atoms with E-state index in [1.165, 1.54) is 9.80 Å². The summed E-state index contributed by atoms with van der Waals surface area (Å²) in [5.41, 5.74) is -1.26. The summed E-state index contributed by atoms with van der Waals surface area (Å²) in [6.45, 7) is 14.2. The molecule has 14 nitrogen and oxygen atoms in total. The second-order valence-corrected chi connectivity index (χ2v) is 13.6. The molecule has 0 bridgehead atoms. The van der Waals surface area contributed by atoms with Gasteiger partial charge in [0.2, 0.25) is 0 Å². The van der Waals surface area contributed by atoms with Crippen LogP contribution in [0.3, 0.4) is 0 Å². The van der Waals surface area contributed by atoms with E-state index >= 15 is 0 Å². The first-order chi connectivity index (χ1) is 20.1. The maximum absolute atomic E-state index is 12.4. The molecule has 14 heteroatoms. The van der Waals surface area contributed by atoms with Crippen LogP contribution in [0, 0.1) is 11.8 Å². The number of aliphatic hydroxyl groups is 2. The molecule has 0 saturated carbocycles. The van der Waals surface area contributed by atoms with Crippen molar-refractivity contribution in [3.8, 4) is 0 Å². The van der Waals surface area contributed by atoms with Crippen LogP contribution >= 0.6 is 0 Å². The number of ketones is 2. The fourth-order valence-electron chi connectivity index (χ4n) is 5.92. The normalized spacial score (nSPS) is 29.1. The minimum absolute atomic E-state index is 0. The van der Waals surface area contributed by atoms with Gasteiger partial charge in [-0.25, -0.2) is 9.59 Å². The molecule has 4 fully saturated rings. The lowest BCUT2D eigenvalue weighted by Crippen LogP contribution is -2.48. The number of aliphatic hydroxyl groups excluding tert-OH is 2. The third-order valence-electron chi connectivity index (χ3n) is 7.64. The third-order valence-corrected chi connectivity index (χ3v) is 7.64. The standard InChI is InChI=1S/C15H26N2O5.C14H24N2O5.CH4/c1-15(2,3)22-14(20)17-8-10-7-16(4)5-6-21-13(10)12(17)11(19)9-18;1-14(2,3)21-13(19)16-7-9-6-15-4-5-20-12(9)11(16)10(18)8-17;/h10,12-13,18H,5-9H2,1-4H3;9,11-12,15,17H,4-8H2,1-3H3;1H4/t10-,12+,13+;9-,11+,12+;/m00./s1. The van der Waals surface area contributed by atoms with Crippen molar-refractivity contribution in [3.05, 3.63) is 0 Å². The number of ether oxygens (including phenoxy) is 4. The Morgan fingerprint density at radius 1 is 0.773 bits per heavy atom. The number of carbonyl (C=O) groups excluding carboxylic acids is 4. The number of rotatable bonds is 4.